The van der Waals surface area contributed by atoms with Crippen LogP contribution in [0.2, 0.25) is 0 Å². The quantitative estimate of drug-likeness (QED) is 0.698. The van der Waals surface area contributed by atoms with E-state index >= 15 is 0 Å². The average molecular weight is 374 g/mol. The standard InChI is InChI=1S/C15H11BrClFO3/c1-9(15(17)19)20-11-3-5-12(6-4-11)21-14-7-2-10(16)8-13(14)18/h2-9H,1H3. The second kappa shape index (κ2) is 6.91. The lowest BCUT2D eigenvalue weighted by Crippen LogP contribution is -2.18. The summed E-state index contributed by atoms with van der Waals surface area (Å²) in [5.41, 5.74) is 0. The number of benzene rings is 2. The topological polar surface area (TPSA) is 35.5 Å². The van der Waals surface area contributed by atoms with E-state index in [4.69, 9.17) is 21.1 Å². The van der Waals surface area contributed by atoms with Gasteiger partial charge in [-0.3, -0.25) is 4.79 Å². The molecule has 0 radical (unpaired) electrons. The summed E-state index contributed by atoms with van der Waals surface area (Å²) in [7, 11) is 0. The van der Waals surface area contributed by atoms with Gasteiger partial charge in [0.1, 0.15) is 11.5 Å². The fourth-order valence-corrected chi connectivity index (χ4v) is 1.90. The van der Waals surface area contributed by atoms with E-state index in [0.29, 0.717) is 16.0 Å². The lowest BCUT2D eigenvalue weighted by atomic mass is 10.3. The second-order valence-electron chi connectivity index (χ2n) is 4.21. The third-order valence-electron chi connectivity index (χ3n) is 2.58. The van der Waals surface area contributed by atoms with Gasteiger partial charge in [0.2, 0.25) is 0 Å². The van der Waals surface area contributed by atoms with Crippen LogP contribution in [0.1, 0.15) is 6.92 Å². The molecule has 0 amide bonds. The van der Waals surface area contributed by atoms with Gasteiger partial charge in [0, 0.05) is 4.47 Å². The molecule has 0 aliphatic rings. The summed E-state index contributed by atoms with van der Waals surface area (Å²) in [5, 5.41) is -0.577. The molecule has 0 bridgehead atoms. The fourth-order valence-electron chi connectivity index (χ4n) is 1.52. The number of hydrogen-bond acceptors (Lipinski definition) is 3. The van der Waals surface area contributed by atoms with E-state index in [9.17, 15) is 9.18 Å². The summed E-state index contributed by atoms with van der Waals surface area (Å²) < 4.78 is 25.0. The molecule has 1 unspecified atom stereocenters. The zero-order valence-corrected chi connectivity index (χ0v) is 13.3. The average Bonchev–Trinajstić information content (AvgIpc) is 2.43. The summed E-state index contributed by atoms with van der Waals surface area (Å²) in [6.07, 6.45) is -0.734. The highest BCUT2D eigenvalue weighted by atomic mass is 79.9. The molecular formula is C15H11BrClFO3. The van der Waals surface area contributed by atoms with Crippen molar-refractivity contribution in [2.45, 2.75) is 13.0 Å². The van der Waals surface area contributed by atoms with Crippen LogP contribution in [0.4, 0.5) is 4.39 Å². The molecule has 0 aliphatic heterocycles. The van der Waals surface area contributed by atoms with Crippen molar-refractivity contribution >= 4 is 32.8 Å². The lowest BCUT2D eigenvalue weighted by Gasteiger charge is -2.11. The van der Waals surface area contributed by atoms with Crippen molar-refractivity contribution in [3.8, 4) is 17.2 Å². The van der Waals surface area contributed by atoms with Gasteiger partial charge in [-0.25, -0.2) is 4.39 Å². The molecule has 0 heterocycles. The van der Waals surface area contributed by atoms with Gasteiger partial charge in [-0.1, -0.05) is 15.9 Å². The highest BCUT2D eigenvalue weighted by Crippen LogP contribution is 2.28. The van der Waals surface area contributed by atoms with Crippen molar-refractivity contribution < 1.29 is 18.7 Å². The van der Waals surface area contributed by atoms with Crippen LogP contribution in [0.15, 0.2) is 46.9 Å². The van der Waals surface area contributed by atoms with E-state index < -0.39 is 17.2 Å². The maximum atomic E-state index is 13.6. The Hall–Kier alpha value is -1.59. The third kappa shape index (κ3) is 4.44. The zero-order valence-electron chi connectivity index (χ0n) is 11.0. The number of carbonyl (C=O) groups is 1. The van der Waals surface area contributed by atoms with Gasteiger partial charge < -0.3 is 9.47 Å². The van der Waals surface area contributed by atoms with E-state index in [1.807, 2.05) is 0 Å². The Bertz CT molecular complexity index is 646. The molecule has 0 spiro atoms. The van der Waals surface area contributed by atoms with Crippen LogP contribution < -0.4 is 9.47 Å². The van der Waals surface area contributed by atoms with Crippen molar-refractivity contribution in [2.24, 2.45) is 0 Å². The number of hydrogen-bond donors (Lipinski definition) is 0. The van der Waals surface area contributed by atoms with Crippen molar-refractivity contribution in [3.63, 3.8) is 0 Å². The van der Waals surface area contributed by atoms with Gasteiger partial charge in [-0.05, 0) is 61.0 Å². The van der Waals surface area contributed by atoms with Gasteiger partial charge in [0.05, 0.1) is 0 Å². The fraction of sp³-hybridized carbons (Fsp3) is 0.133. The Kier molecular flexibility index (Phi) is 5.20. The van der Waals surface area contributed by atoms with Crippen LogP contribution in [0, 0.1) is 5.82 Å². The molecule has 6 heteroatoms. The molecular weight excluding hydrogens is 363 g/mol. The van der Waals surface area contributed by atoms with Crippen molar-refractivity contribution in [1.82, 2.24) is 0 Å². The van der Waals surface area contributed by atoms with Crippen molar-refractivity contribution in [2.75, 3.05) is 0 Å². The first kappa shape index (κ1) is 15.8. The van der Waals surface area contributed by atoms with E-state index in [-0.39, 0.29) is 5.75 Å². The maximum Gasteiger partial charge on any atom is 0.262 e. The number of ether oxygens (including phenoxy) is 2. The normalized spacial score (nSPS) is 11.8. The monoisotopic (exact) mass is 372 g/mol. The van der Waals surface area contributed by atoms with Gasteiger partial charge in [0.15, 0.2) is 17.7 Å². The van der Waals surface area contributed by atoms with Crippen LogP contribution in [0.3, 0.4) is 0 Å². The summed E-state index contributed by atoms with van der Waals surface area (Å²) in [6, 6.07) is 11.0. The molecule has 0 saturated carbocycles. The van der Waals surface area contributed by atoms with Crippen molar-refractivity contribution in [1.29, 1.82) is 0 Å². The van der Waals surface area contributed by atoms with Crippen LogP contribution in [-0.2, 0) is 4.79 Å². The summed E-state index contributed by atoms with van der Waals surface area (Å²) >= 11 is 8.49. The lowest BCUT2D eigenvalue weighted by molar-refractivity contribution is -0.117. The molecule has 2 aromatic carbocycles. The Morgan fingerprint density at radius 3 is 2.38 bits per heavy atom. The third-order valence-corrected chi connectivity index (χ3v) is 3.38. The highest BCUT2D eigenvalue weighted by molar-refractivity contribution is 9.10. The molecule has 1 atom stereocenters. The Labute approximate surface area is 134 Å². The maximum absolute atomic E-state index is 13.6. The second-order valence-corrected chi connectivity index (χ2v) is 5.50. The van der Waals surface area contributed by atoms with E-state index in [2.05, 4.69) is 15.9 Å². The molecule has 0 aromatic heterocycles. The minimum Gasteiger partial charge on any atom is -0.482 e. The largest absolute Gasteiger partial charge is 0.482 e. The van der Waals surface area contributed by atoms with Crippen LogP contribution in [0.5, 0.6) is 17.2 Å². The minimum atomic E-state index is -0.734. The van der Waals surface area contributed by atoms with Crippen LogP contribution in [-0.4, -0.2) is 11.3 Å². The molecule has 110 valence electrons. The first-order valence-electron chi connectivity index (χ1n) is 6.04. The molecule has 0 saturated heterocycles. The van der Waals surface area contributed by atoms with Crippen molar-refractivity contribution in [3.05, 3.63) is 52.8 Å². The molecule has 21 heavy (non-hydrogen) atoms. The van der Waals surface area contributed by atoms with Crippen LogP contribution in [0.25, 0.3) is 0 Å². The molecule has 0 N–H and O–H groups in total. The summed E-state index contributed by atoms with van der Waals surface area (Å²) in [6.45, 7) is 1.55. The van der Waals surface area contributed by atoms with E-state index in [1.165, 1.54) is 12.1 Å². The predicted molar refractivity (Wildman–Crippen MR) is 81.6 cm³/mol. The molecule has 2 aromatic rings. The van der Waals surface area contributed by atoms with Gasteiger partial charge in [-0.2, -0.15) is 0 Å². The van der Waals surface area contributed by atoms with Gasteiger partial charge in [-0.15, -0.1) is 0 Å². The van der Waals surface area contributed by atoms with Crippen LogP contribution >= 0.6 is 27.5 Å². The Morgan fingerprint density at radius 2 is 1.81 bits per heavy atom. The molecule has 2 rings (SSSR count). The molecule has 3 nitrogen and oxygen atoms in total. The van der Waals surface area contributed by atoms with Gasteiger partial charge in [0.25, 0.3) is 5.24 Å². The number of carbonyl (C=O) groups excluding carboxylic acids is 1. The van der Waals surface area contributed by atoms with Gasteiger partial charge >= 0.3 is 0 Å². The highest BCUT2D eigenvalue weighted by Gasteiger charge is 2.11. The summed E-state index contributed by atoms with van der Waals surface area (Å²) in [5.74, 6) is 0.579. The minimum absolute atomic E-state index is 0.121. The molecule has 0 aliphatic carbocycles. The van der Waals surface area contributed by atoms with E-state index in [0.717, 1.165) is 0 Å². The summed E-state index contributed by atoms with van der Waals surface area (Å²) in [4.78, 5) is 10.9. The van der Waals surface area contributed by atoms with E-state index in [1.54, 1.807) is 37.3 Å². The first-order chi connectivity index (χ1) is 9.95. The number of rotatable bonds is 5. The first-order valence-corrected chi connectivity index (χ1v) is 7.22. The molecule has 0 fully saturated rings. The smallest absolute Gasteiger partial charge is 0.262 e. The Morgan fingerprint density at radius 1 is 1.19 bits per heavy atom. The predicted octanol–water partition coefficient (Wildman–Crippen LogP) is 4.91. The number of halogens is 3. The SMILES string of the molecule is CC(Oc1ccc(Oc2ccc(Br)cc2F)cc1)C(=O)Cl. The zero-order chi connectivity index (χ0) is 15.4. The Balaban J connectivity index is 2.07.